The Labute approximate surface area is 536 Å². The number of unbranched alkanes of at least 4 members (excludes halogenated alkanes) is 33. The number of carboxylic acids is 1. The number of rotatable bonds is 66. The number of carboxylic acid groups (broad SMARTS) is 1. The zero-order valence-electron chi connectivity index (χ0n) is 57.1. The zero-order valence-corrected chi connectivity index (χ0v) is 57.1. The summed E-state index contributed by atoms with van der Waals surface area (Å²) in [5.41, 5.74) is 0. The fourth-order valence-electron chi connectivity index (χ4n) is 10.0. The van der Waals surface area contributed by atoms with Crippen molar-refractivity contribution in [2.45, 2.75) is 322 Å². The molecule has 0 saturated carbocycles. The van der Waals surface area contributed by atoms with Gasteiger partial charge in [-0.3, -0.25) is 9.59 Å². The highest BCUT2D eigenvalue weighted by Crippen LogP contribution is 2.17. The maximum Gasteiger partial charge on any atom is 0.306 e. The SMILES string of the molecule is CC/C=C\C/C=C\C/C=C\C/C=C\C/C=C\C/C=C\C/C=C\CCCCCCCCCCCCCC(=O)OC(COC(=O)CCCCCCCCCCCCCCCCCCC/C=C\C/C=C\CCCCCCC)COC(OCC[N+](C)(C)C)C(=O)[O-]. The van der Waals surface area contributed by atoms with Gasteiger partial charge in [-0.25, -0.2) is 0 Å². The molecule has 500 valence electrons. The maximum absolute atomic E-state index is 12.9. The molecular formula is C78H135NO8. The Hall–Kier alpha value is -4.05. The summed E-state index contributed by atoms with van der Waals surface area (Å²) < 4.78 is 22.8. The van der Waals surface area contributed by atoms with Crippen molar-refractivity contribution in [2.75, 3.05) is 47.5 Å². The molecule has 2 unspecified atom stereocenters. The molecule has 0 aromatic carbocycles. The van der Waals surface area contributed by atoms with Crippen LogP contribution in [-0.2, 0) is 33.3 Å². The third-order valence-electron chi connectivity index (χ3n) is 15.5. The van der Waals surface area contributed by atoms with Crippen LogP contribution >= 0.6 is 0 Å². The molecule has 0 bridgehead atoms. The first-order valence-corrected chi connectivity index (χ1v) is 36.0. The van der Waals surface area contributed by atoms with Gasteiger partial charge in [0.25, 0.3) is 0 Å². The van der Waals surface area contributed by atoms with Gasteiger partial charge < -0.3 is 33.3 Å². The maximum atomic E-state index is 12.9. The Morgan fingerprint density at radius 2 is 0.655 bits per heavy atom. The summed E-state index contributed by atoms with van der Waals surface area (Å²) in [5.74, 6) is -2.28. The fourth-order valence-corrected chi connectivity index (χ4v) is 10.0. The number of ether oxygens (including phenoxy) is 4. The average molecular weight is 1210 g/mol. The van der Waals surface area contributed by atoms with Crippen molar-refractivity contribution in [3.05, 3.63) is 109 Å². The van der Waals surface area contributed by atoms with E-state index >= 15 is 0 Å². The van der Waals surface area contributed by atoms with E-state index in [1.807, 2.05) is 21.1 Å². The summed E-state index contributed by atoms with van der Waals surface area (Å²) in [4.78, 5) is 37.5. The molecule has 9 heteroatoms. The second-order valence-corrected chi connectivity index (χ2v) is 25.1. The molecule has 0 heterocycles. The normalized spacial score (nSPS) is 13.3. The molecule has 0 aliphatic heterocycles. The first-order valence-electron chi connectivity index (χ1n) is 36.0. The summed E-state index contributed by atoms with van der Waals surface area (Å²) in [6.07, 6.45) is 91.7. The minimum atomic E-state index is -1.63. The summed E-state index contributed by atoms with van der Waals surface area (Å²) in [6, 6.07) is 0. The lowest BCUT2D eigenvalue weighted by atomic mass is 10.0. The first kappa shape index (κ1) is 83.0. The fraction of sp³-hybridized carbons (Fsp3) is 0.731. The molecule has 9 nitrogen and oxygen atoms in total. The second kappa shape index (κ2) is 67.9. The van der Waals surface area contributed by atoms with Gasteiger partial charge in [-0.2, -0.15) is 0 Å². The number of nitrogens with zero attached hydrogens (tertiary/aromatic N) is 1. The van der Waals surface area contributed by atoms with E-state index in [4.69, 9.17) is 18.9 Å². The van der Waals surface area contributed by atoms with Crippen molar-refractivity contribution in [1.29, 1.82) is 0 Å². The van der Waals surface area contributed by atoms with E-state index in [-0.39, 0.29) is 38.6 Å². The van der Waals surface area contributed by atoms with Crippen LogP contribution in [0.5, 0.6) is 0 Å². The van der Waals surface area contributed by atoms with Crippen LogP contribution in [0.15, 0.2) is 109 Å². The molecule has 0 aromatic rings. The topological polar surface area (TPSA) is 111 Å². The predicted octanol–water partition coefficient (Wildman–Crippen LogP) is 21.2. The van der Waals surface area contributed by atoms with Crippen molar-refractivity contribution in [1.82, 2.24) is 0 Å². The lowest BCUT2D eigenvalue weighted by molar-refractivity contribution is -0.870. The van der Waals surface area contributed by atoms with Gasteiger partial charge in [-0.1, -0.05) is 303 Å². The van der Waals surface area contributed by atoms with E-state index in [0.717, 1.165) is 96.3 Å². The smallest absolute Gasteiger partial charge is 0.306 e. The monoisotopic (exact) mass is 1210 g/mol. The number of aliphatic carboxylic acids is 1. The van der Waals surface area contributed by atoms with Crippen molar-refractivity contribution in [3.8, 4) is 0 Å². The molecule has 0 amide bonds. The van der Waals surface area contributed by atoms with Crippen LogP contribution in [0, 0.1) is 0 Å². The standard InChI is InChI=1S/C78H135NO8/c1-6-8-10-12-14-16-18-20-22-24-26-28-30-32-34-36-37-38-39-41-43-45-47-49-51-53-55-57-59-61-63-65-67-69-76(81)87-74(73-86-78(77(82)83)84-71-70-79(3,4)5)72-85-75(80)68-66-64-62-60-58-56-54-52-50-48-46-44-42-40-35-33-31-29-27-25-23-21-19-17-15-13-11-9-7-2/h8,10,14,16,19-22,25-28,32,34,37-38,41,43,74,78H,6-7,9,11-13,15,17-18,23-24,29-31,33,35-36,39-40,42,44-73H2,1-5H3/b10-8-,16-14-,21-19-,22-20-,27-25-,28-26-,34-32-,38-37-,43-41-. The summed E-state index contributed by atoms with van der Waals surface area (Å²) in [5, 5.41) is 11.8. The van der Waals surface area contributed by atoms with E-state index in [1.54, 1.807) is 0 Å². The Kier molecular flexibility index (Phi) is 64.7. The number of hydrogen-bond acceptors (Lipinski definition) is 8. The number of esters is 2. The van der Waals surface area contributed by atoms with Crippen LogP contribution in [0.2, 0.25) is 0 Å². The third-order valence-corrected chi connectivity index (χ3v) is 15.5. The quantitative estimate of drug-likeness (QED) is 0.0195. The Morgan fingerprint density at radius 3 is 0.977 bits per heavy atom. The van der Waals surface area contributed by atoms with Gasteiger partial charge in [0.15, 0.2) is 12.4 Å². The largest absolute Gasteiger partial charge is 0.545 e. The predicted molar refractivity (Wildman–Crippen MR) is 370 cm³/mol. The third kappa shape index (κ3) is 69.3. The molecule has 0 aliphatic rings. The molecular weight excluding hydrogens is 1080 g/mol. The van der Waals surface area contributed by atoms with Gasteiger partial charge in [0.05, 0.1) is 40.3 Å². The molecule has 0 N–H and O–H groups in total. The number of carbonyl (C=O) groups excluding carboxylic acids is 3. The Bertz CT molecular complexity index is 1800. The Balaban J connectivity index is 4.12. The number of allylic oxidation sites excluding steroid dienone is 18. The number of likely N-dealkylation sites (N-methyl/N-ethyl adjacent to an activating group) is 1. The van der Waals surface area contributed by atoms with Crippen LogP contribution in [0.1, 0.15) is 309 Å². The summed E-state index contributed by atoms with van der Waals surface area (Å²) in [6.45, 7) is 4.65. The van der Waals surface area contributed by atoms with E-state index in [1.165, 1.54) is 180 Å². The molecule has 0 rings (SSSR count). The molecule has 0 saturated heterocycles. The van der Waals surface area contributed by atoms with Crippen LogP contribution in [0.3, 0.4) is 0 Å². The minimum Gasteiger partial charge on any atom is -0.545 e. The summed E-state index contributed by atoms with van der Waals surface area (Å²) >= 11 is 0. The minimum absolute atomic E-state index is 0.144. The molecule has 0 radical (unpaired) electrons. The zero-order chi connectivity index (χ0) is 63.3. The number of quaternary nitrogens is 1. The molecule has 0 fully saturated rings. The van der Waals surface area contributed by atoms with Crippen LogP contribution in [-0.4, -0.2) is 82.3 Å². The van der Waals surface area contributed by atoms with Crippen molar-refractivity contribution >= 4 is 17.9 Å². The average Bonchev–Trinajstić information content (AvgIpc) is 3.59. The Morgan fingerprint density at radius 1 is 0.356 bits per heavy atom. The lowest BCUT2D eigenvalue weighted by Gasteiger charge is -2.26. The molecule has 87 heavy (non-hydrogen) atoms. The lowest BCUT2D eigenvalue weighted by Crippen LogP contribution is -2.44. The summed E-state index contributed by atoms with van der Waals surface area (Å²) in [7, 11) is 5.93. The van der Waals surface area contributed by atoms with Gasteiger partial charge in [0, 0.05) is 12.8 Å². The van der Waals surface area contributed by atoms with E-state index in [2.05, 4.69) is 123 Å². The van der Waals surface area contributed by atoms with Crippen LogP contribution < -0.4 is 5.11 Å². The van der Waals surface area contributed by atoms with E-state index in [9.17, 15) is 19.5 Å². The van der Waals surface area contributed by atoms with Crippen LogP contribution in [0.25, 0.3) is 0 Å². The van der Waals surface area contributed by atoms with Crippen molar-refractivity contribution < 1.29 is 42.9 Å². The van der Waals surface area contributed by atoms with Gasteiger partial charge in [0.2, 0.25) is 0 Å². The van der Waals surface area contributed by atoms with Gasteiger partial charge in [-0.05, 0) is 103 Å². The van der Waals surface area contributed by atoms with Gasteiger partial charge >= 0.3 is 11.9 Å². The molecule has 2 atom stereocenters. The highest BCUT2D eigenvalue weighted by Gasteiger charge is 2.22. The van der Waals surface area contributed by atoms with E-state index in [0.29, 0.717) is 17.4 Å². The van der Waals surface area contributed by atoms with Crippen molar-refractivity contribution in [3.63, 3.8) is 0 Å². The first-order chi connectivity index (χ1) is 42.6. The molecule has 0 spiro atoms. The second-order valence-electron chi connectivity index (χ2n) is 25.1. The molecule has 0 aliphatic carbocycles. The van der Waals surface area contributed by atoms with Crippen LogP contribution in [0.4, 0.5) is 0 Å². The van der Waals surface area contributed by atoms with E-state index < -0.39 is 24.3 Å². The highest BCUT2D eigenvalue weighted by molar-refractivity contribution is 5.70. The number of hydrogen-bond donors (Lipinski definition) is 0. The van der Waals surface area contributed by atoms with Crippen molar-refractivity contribution in [2.24, 2.45) is 0 Å². The number of carbonyl (C=O) groups is 3. The van der Waals surface area contributed by atoms with Gasteiger partial charge in [0.1, 0.15) is 13.2 Å². The highest BCUT2D eigenvalue weighted by atomic mass is 16.7. The van der Waals surface area contributed by atoms with Gasteiger partial charge in [-0.15, -0.1) is 0 Å². The molecule has 0 aromatic heterocycles.